The first-order valence-corrected chi connectivity index (χ1v) is 5.57. The number of nitrogen functional groups attached to an aromatic ring is 1. The summed E-state index contributed by atoms with van der Waals surface area (Å²) in [6.07, 6.45) is 1.74. The van der Waals surface area contributed by atoms with Crippen molar-refractivity contribution >= 4 is 17.4 Å². The van der Waals surface area contributed by atoms with Gasteiger partial charge in [-0.2, -0.15) is 0 Å². The van der Waals surface area contributed by atoms with Crippen molar-refractivity contribution in [1.82, 2.24) is 9.97 Å². The van der Waals surface area contributed by atoms with Gasteiger partial charge in [0.1, 0.15) is 5.82 Å². The molecular weight excluding hydrogens is 228 g/mol. The number of aryl methyl sites for hydroxylation is 1. The highest BCUT2D eigenvalue weighted by molar-refractivity contribution is 5.91. The molecule has 2 rings (SSSR count). The third-order valence-corrected chi connectivity index (χ3v) is 2.35. The van der Waals surface area contributed by atoms with Crippen LogP contribution in [0, 0.1) is 6.92 Å². The van der Waals surface area contributed by atoms with Crippen LogP contribution in [0.3, 0.4) is 0 Å². The maximum absolute atomic E-state index is 11.8. The van der Waals surface area contributed by atoms with Crippen molar-refractivity contribution < 1.29 is 4.79 Å². The van der Waals surface area contributed by atoms with Gasteiger partial charge in [0, 0.05) is 11.4 Å². The summed E-state index contributed by atoms with van der Waals surface area (Å²) in [5.74, 6) is 0.404. The van der Waals surface area contributed by atoms with Gasteiger partial charge >= 0.3 is 0 Å². The van der Waals surface area contributed by atoms with Gasteiger partial charge in [-0.15, -0.1) is 0 Å². The first-order valence-electron chi connectivity index (χ1n) is 5.57. The highest BCUT2D eigenvalue weighted by Gasteiger charge is 2.05. The van der Waals surface area contributed by atoms with E-state index in [4.69, 9.17) is 5.73 Å². The van der Waals surface area contributed by atoms with E-state index >= 15 is 0 Å². The second kappa shape index (κ2) is 5.27. The molecule has 0 saturated carbocycles. The third-order valence-electron chi connectivity index (χ3n) is 2.35. The molecule has 0 fully saturated rings. The maximum atomic E-state index is 11.8. The largest absolute Gasteiger partial charge is 0.397 e. The molecule has 2 aromatic rings. The van der Waals surface area contributed by atoms with Gasteiger partial charge in [0.05, 0.1) is 18.3 Å². The van der Waals surface area contributed by atoms with E-state index in [-0.39, 0.29) is 12.3 Å². The number of hydrogen-bond acceptors (Lipinski definition) is 4. The molecule has 2 heterocycles. The fraction of sp³-hybridized carbons (Fsp3) is 0.154. The first kappa shape index (κ1) is 12.0. The van der Waals surface area contributed by atoms with Crippen molar-refractivity contribution in [2.24, 2.45) is 0 Å². The van der Waals surface area contributed by atoms with Gasteiger partial charge in [-0.25, -0.2) is 4.98 Å². The zero-order valence-electron chi connectivity index (χ0n) is 10.1. The van der Waals surface area contributed by atoms with E-state index in [1.165, 1.54) is 6.20 Å². The summed E-state index contributed by atoms with van der Waals surface area (Å²) in [6.45, 7) is 1.87. The predicted molar refractivity (Wildman–Crippen MR) is 70.0 cm³/mol. The SMILES string of the molecule is Cc1cccc(NC(=O)Cc2ccc(N)cn2)n1. The van der Waals surface area contributed by atoms with Crippen molar-refractivity contribution in [1.29, 1.82) is 0 Å². The Balaban J connectivity index is 1.98. The Bertz CT molecular complexity index is 551. The minimum absolute atomic E-state index is 0.148. The number of aromatic nitrogens is 2. The lowest BCUT2D eigenvalue weighted by molar-refractivity contribution is -0.115. The van der Waals surface area contributed by atoms with Gasteiger partial charge in [0.25, 0.3) is 0 Å². The minimum atomic E-state index is -0.148. The lowest BCUT2D eigenvalue weighted by Crippen LogP contribution is -2.16. The fourth-order valence-electron chi connectivity index (χ4n) is 1.50. The fourth-order valence-corrected chi connectivity index (χ4v) is 1.50. The molecular formula is C13H14N4O. The quantitative estimate of drug-likeness (QED) is 0.855. The number of anilines is 2. The molecule has 0 aliphatic carbocycles. The van der Waals surface area contributed by atoms with Crippen LogP contribution in [0.1, 0.15) is 11.4 Å². The summed E-state index contributed by atoms with van der Waals surface area (Å²) in [6, 6.07) is 8.93. The van der Waals surface area contributed by atoms with Crippen molar-refractivity contribution in [2.45, 2.75) is 13.3 Å². The number of nitrogens with one attached hydrogen (secondary N) is 1. The van der Waals surface area contributed by atoms with E-state index in [1.54, 1.807) is 18.2 Å². The van der Waals surface area contributed by atoms with Gasteiger partial charge in [-0.1, -0.05) is 6.07 Å². The maximum Gasteiger partial charge on any atom is 0.231 e. The number of amides is 1. The summed E-state index contributed by atoms with van der Waals surface area (Å²) >= 11 is 0. The number of rotatable bonds is 3. The van der Waals surface area contributed by atoms with E-state index in [9.17, 15) is 4.79 Å². The van der Waals surface area contributed by atoms with Crippen molar-refractivity contribution in [3.63, 3.8) is 0 Å². The van der Waals surface area contributed by atoms with Crippen LogP contribution in [-0.4, -0.2) is 15.9 Å². The van der Waals surface area contributed by atoms with Crippen LogP contribution < -0.4 is 11.1 Å². The van der Waals surface area contributed by atoms with Crippen LogP contribution in [-0.2, 0) is 11.2 Å². The number of hydrogen-bond donors (Lipinski definition) is 2. The average Bonchev–Trinajstić information content (AvgIpc) is 2.32. The normalized spacial score (nSPS) is 10.1. The van der Waals surface area contributed by atoms with Crippen LogP contribution in [0.5, 0.6) is 0 Å². The summed E-state index contributed by atoms with van der Waals surface area (Å²) in [5, 5.41) is 2.72. The molecule has 0 aromatic carbocycles. The number of nitrogens with two attached hydrogens (primary N) is 1. The Kier molecular flexibility index (Phi) is 3.52. The van der Waals surface area contributed by atoms with Gasteiger partial charge in [0.2, 0.25) is 5.91 Å². The van der Waals surface area contributed by atoms with Gasteiger partial charge in [-0.3, -0.25) is 9.78 Å². The van der Waals surface area contributed by atoms with Crippen LogP contribution in [0.4, 0.5) is 11.5 Å². The van der Waals surface area contributed by atoms with E-state index in [0.717, 1.165) is 5.69 Å². The highest BCUT2D eigenvalue weighted by atomic mass is 16.1. The zero-order chi connectivity index (χ0) is 13.0. The number of carbonyl (C=O) groups is 1. The Labute approximate surface area is 105 Å². The van der Waals surface area contributed by atoms with Crippen LogP contribution in [0.25, 0.3) is 0 Å². The third kappa shape index (κ3) is 3.28. The van der Waals surface area contributed by atoms with Crippen LogP contribution in [0.2, 0.25) is 0 Å². The standard InChI is InChI=1S/C13H14N4O/c1-9-3-2-4-12(16-9)17-13(18)7-11-6-5-10(14)8-15-11/h2-6,8H,7,14H2,1H3,(H,16,17,18). The van der Waals surface area contributed by atoms with Crippen LogP contribution in [0.15, 0.2) is 36.5 Å². The van der Waals surface area contributed by atoms with Gasteiger partial charge in [-0.05, 0) is 31.2 Å². The Morgan fingerprint density at radius 2 is 2.17 bits per heavy atom. The lowest BCUT2D eigenvalue weighted by atomic mass is 10.2. The topological polar surface area (TPSA) is 80.9 Å². The smallest absolute Gasteiger partial charge is 0.231 e. The van der Waals surface area contributed by atoms with Crippen molar-refractivity contribution in [3.05, 3.63) is 47.9 Å². The molecule has 5 heteroatoms. The Morgan fingerprint density at radius 3 is 2.83 bits per heavy atom. The molecule has 3 N–H and O–H groups in total. The van der Waals surface area contributed by atoms with E-state index in [2.05, 4.69) is 15.3 Å². The second-order valence-electron chi connectivity index (χ2n) is 3.97. The predicted octanol–water partition coefficient (Wildman–Crippen LogP) is 1.55. The monoisotopic (exact) mass is 242 g/mol. The molecule has 2 aromatic heterocycles. The molecule has 0 unspecified atom stereocenters. The van der Waals surface area contributed by atoms with Crippen LogP contribution >= 0.6 is 0 Å². The summed E-state index contributed by atoms with van der Waals surface area (Å²) in [4.78, 5) is 20.0. The van der Waals surface area contributed by atoms with Crippen molar-refractivity contribution in [2.75, 3.05) is 11.1 Å². The van der Waals surface area contributed by atoms with E-state index in [1.807, 2.05) is 19.1 Å². The minimum Gasteiger partial charge on any atom is -0.397 e. The molecule has 0 saturated heterocycles. The number of pyridine rings is 2. The van der Waals surface area contributed by atoms with E-state index in [0.29, 0.717) is 17.2 Å². The molecule has 1 amide bonds. The lowest BCUT2D eigenvalue weighted by Gasteiger charge is -2.04. The molecule has 0 aliphatic rings. The van der Waals surface area contributed by atoms with Gasteiger partial charge < -0.3 is 11.1 Å². The highest BCUT2D eigenvalue weighted by Crippen LogP contribution is 2.06. The summed E-state index contributed by atoms with van der Waals surface area (Å²) in [7, 11) is 0. The molecule has 5 nitrogen and oxygen atoms in total. The molecule has 18 heavy (non-hydrogen) atoms. The molecule has 0 atom stereocenters. The van der Waals surface area contributed by atoms with Gasteiger partial charge in [0.15, 0.2) is 0 Å². The first-order chi connectivity index (χ1) is 8.63. The molecule has 92 valence electrons. The molecule has 0 spiro atoms. The Morgan fingerprint density at radius 1 is 1.33 bits per heavy atom. The van der Waals surface area contributed by atoms with E-state index < -0.39 is 0 Å². The molecule has 0 bridgehead atoms. The zero-order valence-corrected chi connectivity index (χ0v) is 10.1. The molecule has 0 radical (unpaired) electrons. The number of carbonyl (C=O) groups excluding carboxylic acids is 1. The van der Waals surface area contributed by atoms with Crippen molar-refractivity contribution in [3.8, 4) is 0 Å². The average molecular weight is 242 g/mol. The number of nitrogens with zero attached hydrogens (tertiary/aromatic N) is 2. The summed E-state index contributed by atoms with van der Waals surface area (Å²) in [5.41, 5.74) is 7.64. The summed E-state index contributed by atoms with van der Waals surface area (Å²) < 4.78 is 0. The molecule has 0 aliphatic heterocycles. The Hall–Kier alpha value is -2.43. The second-order valence-corrected chi connectivity index (χ2v) is 3.97.